The first-order chi connectivity index (χ1) is 26.5. The van der Waals surface area contributed by atoms with Gasteiger partial charge in [0.15, 0.2) is 5.78 Å². The van der Waals surface area contributed by atoms with E-state index in [9.17, 15) is 33.9 Å². The van der Waals surface area contributed by atoms with Crippen molar-refractivity contribution in [1.82, 2.24) is 21.3 Å². The Kier molecular flexibility index (Phi) is 19.9. The highest BCUT2D eigenvalue weighted by molar-refractivity contribution is 6.05. The first-order valence-electron chi connectivity index (χ1n) is 20.0. The predicted octanol–water partition coefficient (Wildman–Crippen LogP) is 4.59. The van der Waals surface area contributed by atoms with E-state index in [-0.39, 0.29) is 24.7 Å². The maximum Gasteiger partial charge on any atom is 0.251 e. The smallest absolute Gasteiger partial charge is 0.251 e. The summed E-state index contributed by atoms with van der Waals surface area (Å²) in [5.41, 5.74) is 1.81. The highest BCUT2D eigenvalue weighted by atomic mass is 16.5. The van der Waals surface area contributed by atoms with Gasteiger partial charge in [0.25, 0.3) is 5.91 Å². The van der Waals surface area contributed by atoms with Gasteiger partial charge in [0.2, 0.25) is 23.6 Å². The van der Waals surface area contributed by atoms with Gasteiger partial charge in [0.05, 0.1) is 31.9 Å². The van der Waals surface area contributed by atoms with E-state index in [0.29, 0.717) is 36.4 Å². The number of nitrogens with zero attached hydrogens (tertiary/aromatic N) is 1. The summed E-state index contributed by atoms with van der Waals surface area (Å²) in [7, 11) is 0. The van der Waals surface area contributed by atoms with E-state index in [1.54, 1.807) is 48.5 Å². The van der Waals surface area contributed by atoms with Gasteiger partial charge >= 0.3 is 0 Å². The normalized spacial score (nSPS) is 18.1. The molecule has 3 unspecified atom stereocenters. The van der Waals surface area contributed by atoms with E-state index >= 15 is 0 Å². The van der Waals surface area contributed by atoms with Crippen LogP contribution in [0.15, 0.2) is 48.5 Å². The van der Waals surface area contributed by atoms with Crippen molar-refractivity contribution in [3.8, 4) is 5.75 Å². The Bertz CT molecular complexity index is 1530. The molecule has 5 rings (SSSR count). The summed E-state index contributed by atoms with van der Waals surface area (Å²) in [6, 6.07) is 12.0. The molecule has 3 aliphatic rings. The third-order valence-corrected chi connectivity index (χ3v) is 9.66. The van der Waals surface area contributed by atoms with Gasteiger partial charge in [0, 0.05) is 18.9 Å². The number of aliphatic hydroxyl groups excluding tert-OH is 1. The molecule has 55 heavy (non-hydrogen) atoms. The second-order valence-electron chi connectivity index (χ2n) is 14.2. The molecule has 5 amide bonds. The van der Waals surface area contributed by atoms with Gasteiger partial charge in [-0.05, 0) is 37.0 Å². The summed E-state index contributed by atoms with van der Waals surface area (Å²) in [5, 5.41) is 20.4. The lowest BCUT2D eigenvalue weighted by Crippen LogP contribution is -2.53. The molecule has 2 aromatic rings. The molecular formula is C42H61N5O8. The minimum Gasteiger partial charge on any atom is -0.494 e. The highest BCUT2D eigenvalue weighted by Gasteiger charge is 2.39. The summed E-state index contributed by atoms with van der Waals surface area (Å²) in [4.78, 5) is 77.1. The number of unbranched alkanes of at least 4 members (excludes halogenated alkanes) is 1. The van der Waals surface area contributed by atoms with Crippen molar-refractivity contribution in [1.29, 1.82) is 0 Å². The topological polar surface area (TPSA) is 183 Å². The van der Waals surface area contributed by atoms with E-state index in [1.807, 2.05) is 0 Å². The number of ketones is 1. The number of aliphatic hydroxyl groups is 1. The van der Waals surface area contributed by atoms with Gasteiger partial charge in [-0.25, -0.2) is 0 Å². The lowest BCUT2D eigenvalue weighted by molar-refractivity contribution is -0.133. The summed E-state index contributed by atoms with van der Waals surface area (Å²) < 4.78 is 5.86. The molecule has 2 bridgehead atoms. The molecule has 2 aliphatic heterocycles. The summed E-state index contributed by atoms with van der Waals surface area (Å²) in [6.07, 6.45) is 13.7. The number of hydrogen-bond donors (Lipinski definition) is 5. The number of anilines is 1. The third-order valence-electron chi connectivity index (χ3n) is 9.66. The summed E-state index contributed by atoms with van der Waals surface area (Å²) >= 11 is 0. The molecule has 13 heteroatoms. The Morgan fingerprint density at radius 2 is 1.51 bits per heavy atom. The van der Waals surface area contributed by atoms with E-state index in [0.717, 1.165) is 24.8 Å². The monoisotopic (exact) mass is 763 g/mol. The number of benzene rings is 2. The molecule has 5 N–H and O–H groups in total. The van der Waals surface area contributed by atoms with Crippen LogP contribution in [-0.4, -0.2) is 78.8 Å². The van der Waals surface area contributed by atoms with Gasteiger partial charge in [-0.2, -0.15) is 0 Å². The van der Waals surface area contributed by atoms with Gasteiger partial charge in [-0.3, -0.25) is 33.7 Å². The van der Waals surface area contributed by atoms with Crippen molar-refractivity contribution in [3.05, 3.63) is 59.7 Å². The molecule has 0 aromatic heterocycles. The van der Waals surface area contributed by atoms with Gasteiger partial charge in [0.1, 0.15) is 23.9 Å². The Labute approximate surface area is 325 Å². The largest absolute Gasteiger partial charge is 0.494 e. The van der Waals surface area contributed by atoms with Crippen molar-refractivity contribution in [2.45, 2.75) is 129 Å². The number of nitrogens with one attached hydrogen (secondary N) is 4. The van der Waals surface area contributed by atoms with Gasteiger partial charge in [-0.1, -0.05) is 114 Å². The van der Waals surface area contributed by atoms with Crippen LogP contribution in [0.1, 0.15) is 121 Å². The van der Waals surface area contributed by atoms with E-state index in [4.69, 9.17) is 4.74 Å². The zero-order valence-corrected chi connectivity index (χ0v) is 32.8. The van der Waals surface area contributed by atoms with E-state index in [1.165, 1.54) is 63.2 Å². The zero-order valence-electron chi connectivity index (χ0n) is 32.8. The SMILES string of the molecule is C1CCCCC1.CC(=O)C(NC(=O)CNC(=O)C(O)CNC(=O)C1Cc2ccc3cc2N1C(=O)CNC(=O)CCCCCCO3)c1ccccc1.CCCC. The molecule has 0 radical (unpaired) electrons. The molecule has 302 valence electrons. The van der Waals surface area contributed by atoms with Crippen LogP contribution in [0, 0.1) is 0 Å². The molecule has 0 saturated heterocycles. The molecule has 3 atom stereocenters. The Morgan fingerprint density at radius 1 is 0.873 bits per heavy atom. The van der Waals surface area contributed by atoms with Gasteiger partial charge in [-0.15, -0.1) is 0 Å². The van der Waals surface area contributed by atoms with Crippen LogP contribution in [0.4, 0.5) is 5.69 Å². The number of rotatable bonds is 10. The molecule has 1 aliphatic carbocycles. The Hall–Kier alpha value is -4.78. The van der Waals surface area contributed by atoms with Crippen LogP contribution >= 0.6 is 0 Å². The van der Waals surface area contributed by atoms with Crippen molar-refractivity contribution in [3.63, 3.8) is 0 Å². The maximum atomic E-state index is 13.3. The van der Waals surface area contributed by atoms with Crippen LogP contribution in [0.3, 0.4) is 0 Å². The molecule has 13 nitrogen and oxygen atoms in total. The average Bonchev–Trinajstić information content (AvgIpc) is 3.59. The van der Waals surface area contributed by atoms with Crippen LogP contribution in [0.25, 0.3) is 0 Å². The minimum atomic E-state index is -1.69. The average molecular weight is 764 g/mol. The lowest BCUT2D eigenvalue weighted by Gasteiger charge is -2.25. The minimum absolute atomic E-state index is 0.183. The standard InChI is InChI=1S/C32H39N5O8.C6H12.C4H10/c1-20(38)30(21-9-5-4-6-10-21)36-28(41)18-35-32(44)26(39)17-34-31(43)25-15-22-12-13-23-16-24(22)37(25)29(42)19-33-27(40)11-7-2-3-8-14-45-23;1-2-4-6-5-3-1;1-3-4-2/h4-6,9-10,12-13,16,25-26,30,39H,2-3,7-8,11,14-15,17-19H2,1H3,(H,33,40)(H,34,43)(H,35,44)(H,36,41);1-6H2;3-4H2,1-2H3. The highest BCUT2D eigenvalue weighted by Crippen LogP contribution is 2.35. The Balaban J connectivity index is 0.000000710. The first-order valence-corrected chi connectivity index (χ1v) is 20.0. The van der Waals surface area contributed by atoms with Crippen molar-refractivity contribution in [2.75, 3.05) is 31.1 Å². The molecule has 2 heterocycles. The van der Waals surface area contributed by atoms with E-state index in [2.05, 4.69) is 35.1 Å². The Morgan fingerprint density at radius 3 is 2.15 bits per heavy atom. The zero-order chi connectivity index (χ0) is 40.0. The van der Waals surface area contributed by atoms with Gasteiger partial charge < -0.3 is 31.1 Å². The lowest BCUT2D eigenvalue weighted by atomic mass is 10.0. The van der Waals surface area contributed by atoms with Crippen LogP contribution < -0.4 is 30.9 Å². The number of amides is 5. The first kappa shape index (κ1) is 44.6. The predicted molar refractivity (Wildman–Crippen MR) is 211 cm³/mol. The van der Waals surface area contributed by atoms with Crippen LogP contribution in [0.5, 0.6) is 5.75 Å². The number of Topliss-reactive ketones (excluding diaryl/α,β-unsaturated/α-hetero) is 1. The molecule has 0 spiro atoms. The summed E-state index contributed by atoms with van der Waals surface area (Å²) in [5.74, 6) is -2.63. The quantitative estimate of drug-likeness (QED) is 0.233. The number of carbonyl (C=O) groups is 6. The fourth-order valence-electron chi connectivity index (χ4n) is 6.33. The number of ether oxygens (including phenoxy) is 1. The molecule has 1 saturated carbocycles. The number of carbonyl (C=O) groups excluding carboxylic acids is 6. The van der Waals surface area contributed by atoms with Crippen molar-refractivity contribution < 1.29 is 38.6 Å². The maximum absolute atomic E-state index is 13.3. The van der Waals surface area contributed by atoms with Crippen molar-refractivity contribution in [2.24, 2.45) is 0 Å². The van der Waals surface area contributed by atoms with Crippen molar-refractivity contribution >= 4 is 41.0 Å². The summed E-state index contributed by atoms with van der Waals surface area (Å²) in [6.45, 7) is 4.90. The third kappa shape index (κ3) is 15.5. The second-order valence-corrected chi connectivity index (χ2v) is 14.2. The van der Waals surface area contributed by atoms with Crippen LogP contribution in [0.2, 0.25) is 0 Å². The number of hydrogen-bond acceptors (Lipinski definition) is 8. The molecule has 1 fully saturated rings. The fraction of sp³-hybridized carbons (Fsp3) is 0.571. The van der Waals surface area contributed by atoms with Crippen LogP contribution in [-0.2, 0) is 35.2 Å². The second kappa shape index (κ2) is 24.6. The number of fused-ring (bicyclic) bond motifs is 1. The van der Waals surface area contributed by atoms with E-state index < -0.39 is 54.9 Å². The molecule has 2 aromatic carbocycles. The fourth-order valence-corrected chi connectivity index (χ4v) is 6.33. The molecular weight excluding hydrogens is 702 g/mol.